The Balaban J connectivity index is 1.63. The average molecular weight is 493 g/mol. The Morgan fingerprint density at radius 1 is 1.09 bits per heavy atom. The number of hydrogen-bond donors (Lipinski definition) is 2. The van der Waals surface area contributed by atoms with Gasteiger partial charge in [0.1, 0.15) is 5.69 Å². The molecule has 7 nitrogen and oxygen atoms in total. The minimum atomic E-state index is -0.281. The summed E-state index contributed by atoms with van der Waals surface area (Å²) in [7, 11) is 1.56. The van der Waals surface area contributed by atoms with Crippen molar-refractivity contribution in [2.24, 2.45) is 0 Å². The Morgan fingerprint density at radius 3 is 2.62 bits per heavy atom. The van der Waals surface area contributed by atoms with E-state index in [1.54, 1.807) is 35.6 Å². The predicted octanol–water partition coefficient (Wildman–Crippen LogP) is 5.31. The maximum atomic E-state index is 13.0. The standard InChI is InChI=1S/C22H22Cl2N4O3S/c1-31-13-12-28(11-10-19(29)25-15-6-3-2-4-7-15)21(30)18-14-32-22(27-18)26-17-9-5-8-16(23)20(17)24/h2-9,14H,10-13H2,1H3,(H,25,29)(H,26,27). The average Bonchev–Trinajstić information content (AvgIpc) is 3.26. The van der Waals surface area contributed by atoms with E-state index in [1.807, 2.05) is 30.3 Å². The second-order valence-corrected chi connectivity index (χ2v) is 8.36. The van der Waals surface area contributed by atoms with Gasteiger partial charge < -0.3 is 20.3 Å². The van der Waals surface area contributed by atoms with Gasteiger partial charge in [-0.05, 0) is 24.3 Å². The maximum absolute atomic E-state index is 13.0. The molecule has 0 saturated heterocycles. The van der Waals surface area contributed by atoms with E-state index in [4.69, 9.17) is 27.9 Å². The van der Waals surface area contributed by atoms with E-state index < -0.39 is 0 Å². The van der Waals surface area contributed by atoms with Crippen molar-refractivity contribution in [3.8, 4) is 0 Å². The highest BCUT2D eigenvalue weighted by molar-refractivity contribution is 7.14. The fourth-order valence-electron chi connectivity index (χ4n) is 2.80. The number of rotatable bonds is 10. The molecule has 168 valence electrons. The molecule has 0 radical (unpaired) electrons. The zero-order chi connectivity index (χ0) is 22.9. The summed E-state index contributed by atoms with van der Waals surface area (Å²) in [6.07, 6.45) is 0.151. The van der Waals surface area contributed by atoms with E-state index in [1.165, 1.54) is 11.3 Å². The van der Waals surface area contributed by atoms with Crippen LogP contribution in [0.2, 0.25) is 10.0 Å². The summed E-state index contributed by atoms with van der Waals surface area (Å²) in [6, 6.07) is 14.4. The van der Waals surface area contributed by atoms with Crippen molar-refractivity contribution < 1.29 is 14.3 Å². The number of aromatic nitrogens is 1. The molecule has 1 aromatic heterocycles. The van der Waals surface area contributed by atoms with Crippen molar-refractivity contribution in [2.75, 3.05) is 37.4 Å². The second-order valence-electron chi connectivity index (χ2n) is 6.71. The maximum Gasteiger partial charge on any atom is 0.273 e. The Hall–Kier alpha value is -2.65. The van der Waals surface area contributed by atoms with Crippen LogP contribution in [-0.4, -0.2) is 48.5 Å². The lowest BCUT2D eigenvalue weighted by Crippen LogP contribution is -2.36. The number of nitrogens with zero attached hydrogens (tertiary/aromatic N) is 2. The number of anilines is 3. The van der Waals surface area contributed by atoms with Crippen LogP contribution in [-0.2, 0) is 9.53 Å². The molecule has 0 aliphatic rings. The predicted molar refractivity (Wildman–Crippen MR) is 129 cm³/mol. The lowest BCUT2D eigenvalue weighted by atomic mass is 10.3. The number of benzene rings is 2. The zero-order valence-corrected chi connectivity index (χ0v) is 19.6. The summed E-state index contributed by atoms with van der Waals surface area (Å²) in [5.41, 5.74) is 1.58. The molecule has 3 rings (SSSR count). The number of ether oxygens (including phenoxy) is 1. The third-order valence-electron chi connectivity index (χ3n) is 4.44. The van der Waals surface area contributed by atoms with Crippen molar-refractivity contribution in [3.63, 3.8) is 0 Å². The van der Waals surface area contributed by atoms with Crippen LogP contribution in [0, 0.1) is 0 Å². The number of halogens is 2. The van der Waals surface area contributed by atoms with E-state index in [9.17, 15) is 9.59 Å². The van der Waals surface area contributed by atoms with Crippen LogP contribution in [0.25, 0.3) is 0 Å². The third-order valence-corrected chi connectivity index (χ3v) is 6.01. The Morgan fingerprint density at radius 2 is 1.88 bits per heavy atom. The molecule has 0 spiro atoms. The SMILES string of the molecule is COCCN(CCC(=O)Nc1ccccc1)C(=O)c1csc(Nc2cccc(Cl)c2Cl)n1. The molecule has 2 N–H and O–H groups in total. The van der Waals surface area contributed by atoms with Crippen LogP contribution < -0.4 is 10.6 Å². The molecule has 0 atom stereocenters. The summed E-state index contributed by atoms with van der Waals surface area (Å²) in [5.74, 6) is -0.460. The van der Waals surface area contributed by atoms with Gasteiger partial charge in [0.05, 0.1) is 22.3 Å². The topological polar surface area (TPSA) is 83.6 Å². The van der Waals surface area contributed by atoms with Crippen LogP contribution in [0.5, 0.6) is 0 Å². The fraction of sp³-hybridized carbons (Fsp3) is 0.227. The van der Waals surface area contributed by atoms with Gasteiger partial charge in [0.2, 0.25) is 5.91 Å². The highest BCUT2D eigenvalue weighted by atomic mass is 35.5. The lowest BCUT2D eigenvalue weighted by molar-refractivity contribution is -0.116. The van der Waals surface area contributed by atoms with Gasteiger partial charge >= 0.3 is 0 Å². The Labute approximate surface area is 200 Å². The lowest BCUT2D eigenvalue weighted by Gasteiger charge is -2.21. The van der Waals surface area contributed by atoms with Crippen molar-refractivity contribution in [1.82, 2.24) is 9.88 Å². The third kappa shape index (κ3) is 6.67. The highest BCUT2D eigenvalue weighted by Gasteiger charge is 2.20. The molecule has 2 aromatic carbocycles. The van der Waals surface area contributed by atoms with Crippen LogP contribution in [0.3, 0.4) is 0 Å². The van der Waals surface area contributed by atoms with Gasteiger partial charge in [-0.1, -0.05) is 47.5 Å². The van der Waals surface area contributed by atoms with Crippen LogP contribution in [0.1, 0.15) is 16.9 Å². The van der Waals surface area contributed by atoms with Crippen LogP contribution >= 0.6 is 34.5 Å². The van der Waals surface area contributed by atoms with Gasteiger partial charge in [0, 0.05) is 37.7 Å². The largest absolute Gasteiger partial charge is 0.383 e. The van der Waals surface area contributed by atoms with E-state index in [2.05, 4.69) is 15.6 Å². The van der Waals surface area contributed by atoms with Crippen molar-refractivity contribution in [1.29, 1.82) is 0 Å². The number of amides is 2. The first-order chi connectivity index (χ1) is 15.5. The summed E-state index contributed by atoms with van der Waals surface area (Å²) in [4.78, 5) is 31.2. The minimum Gasteiger partial charge on any atom is -0.383 e. The molecule has 0 fully saturated rings. The molecule has 0 aliphatic heterocycles. The molecular formula is C22H22Cl2N4O3S. The quantitative estimate of drug-likeness (QED) is 0.400. The van der Waals surface area contributed by atoms with Gasteiger partial charge in [-0.3, -0.25) is 9.59 Å². The molecule has 0 bridgehead atoms. The van der Waals surface area contributed by atoms with Gasteiger partial charge in [-0.25, -0.2) is 4.98 Å². The monoisotopic (exact) mass is 492 g/mol. The van der Waals surface area contributed by atoms with Crippen molar-refractivity contribution >= 4 is 62.9 Å². The Kier molecular flexibility index (Phi) is 8.87. The molecule has 32 heavy (non-hydrogen) atoms. The van der Waals surface area contributed by atoms with E-state index >= 15 is 0 Å². The zero-order valence-electron chi connectivity index (χ0n) is 17.3. The molecule has 0 aliphatic carbocycles. The first-order valence-corrected chi connectivity index (χ1v) is 11.4. The fourth-order valence-corrected chi connectivity index (χ4v) is 3.85. The van der Waals surface area contributed by atoms with E-state index in [0.29, 0.717) is 39.7 Å². The normalized spacial score (nSPS) is 10.6. The van der Waals surface area contributed by atoms with Gasteiger partial charge in [-0.2, -0.15) is 0 Å². The van der Waals surface area contributed by atoms with Crippen molar-refractivity contribution in [2.45, 2.75) is 6.42 Å². The summed E-state index contributed by atoms with van der Waals surface area (Å²) in [5, 5.41) is 8.86. The van der Waals surface area contributed by atoms with Crippen molar-refractivity contribution in [3.05, 3.63) is 69.7 Å². The number of para-hydroxylation sites is 1. The molecule has 10 heteroatoms. The minimum absolute atomic E-state index is 0.151. The molecular weight excluding hydrogens is 471 g/mol. The number of hydrogen-bond acceptors (Lipinski definition) is 6. The molecule has 3 aromatic rings. The molecule has 1 heterocycles. The van der Waals surface area contributed by atoms with Gasteiger partial charge in [-0.15, -0.1) is 11.3 Å². The first kappa shape index (κ1) is 24.0. The number of carbonyl (C=O) groups excluding carboxylic acids is 2. The summed E-state index contributed by atoms with van der Waals surface area (Å²) < 4.78 is 5.12. The van der Waals surface area contributed by atoms with Crippen LogP contribution in [0.15, 0.2) is 53.9 Å². The Bertz CT molecular complexity index is 1060. The number of thiazole rings is 1. The second kappa shape index (κ2) is 11.8. The van der Waals surface area contributed by atoms with Gasteiger partial charge in [0.15, 0.2) is 5.13 Å². The van der Waals surface area contributed by atoms with Crippen LogP contribution in [0.4, 0.5) is 16.5 Å². The summed E-state index contributed by atoms with van der Waals surface area (Å²) in [6.45, 7) is 0.926. The summed E-state index contributed by atoms with van der Waals surface area (Å²) >= 11 is 13.5. The van der Waals surface area contributed by atoms with Gasteiger partial charge in [0.25, 0.3) is 5.91 Å². The number of carbonyl (C=O) groups is 2. The molecule has 0 saturated carbocycles. The molecule has 2 amide bonds. The van der Waals surface area contributed by atoms with E-state index in [0.717, 1.165) is 0 Å². The smallest absolute Gasteiger partial charge is 0.273 e. The first-order valence-electron chi connectivity index (χ1n) is 9.77. The number of nitrogens with one attached hydrogen (secondary N) is 2. The number of methoxy groups -OCH3 is 1. The highest BCUT2D eigenvalue weighted by Crippen LogP contribution is 2.32. The molecule has 0 unspecified atom stereocenters. The van der Waals surface area contributed by atoms with E-state index in [-0.39, 0.29) is 30.5 Å².